The quantitative estimate of drug-likeness (QED) is 0.630. The van der Waals surface area contributed by atoms with E-state index in [-0.39, 0.29) is 24.8 Å². The standard InChI is InChI=1S/C21H21N5O4S/c1-21(2)13-10-12(4-5-15(13)25(3)18(21)29)14-11-31-19(22-14)23-16(27)6-8-26-9-7-17(28)24-20(26)30/h4-5,7,9-11H,6,8H2,1-3H3,(H,22,23,27)(H,24,28,30). The second-order valence-corrected chi connectivity index (χ2v) is 8.72. The molecule has 2 amide bonds. The Labute approximate surface area is 181 Å². The minimum absolute atomic E-state index is 0.0486. The van der Waals surface area contributed by atoms with Crippen molar-refractivity contribution < 1.29 is 9.59 Å². The Balaban J connectivity index is 1.46. The van der Waals surface area contributed by atoms with Crippen molar-refractivity contribution in [1.82, 2.24) is 14.5 Å². The van der Waals surface area contributed by atoms with Gasteiger partial charge in [-0.3, -0.25) is 19.4 Å². The molecule has 1 aromatic carbocycles. The van der Waals surface area contributed by atoms with E-state index in [1.807, 2.05) is 37.4 Å². The summed E-state index contributed by atoms with van der Waals surface area (Å²) >= 11 is 1.30. The highest BCUT2D eigenvalue weighted by atomic mass is 32.1. The fourth-order valence-electron chi connectivity index (χ4n) is 3.62. The van der Waals surface area contributed by atoms with Gasteiger partial charge in [0.1, 0.15) is 0 Å². The molecule has 1 aliphatic rings. The lowest BCUT2D eigenvalue weighted by atomic mass is 9.85. The molecule has 0 radical (unpaired) electrons. The van der Waals surface area contributed by atoms with Gasteiger partial charge in [0.15, 0.2) is 5.13 Å². The second-order valence-electron chi connectivity index (χ2n) is 7.86. The number of hydrogen-bond donors (Lipinski definition) is 2. The summed E-state index contributed by atoms with van der Waals surface area (Å²) in [6.07, 6.45) is 1.41. The summed E-state index contributed by atoms with van der Waals surface area (Å²) in [5.41, 5.74) is 1.77. The Morgan fingerprint density at radius 1 is 1.23 bits per heavy atom. The highest BCUT2D eigenvalue weighted by Crippen LogP contribution is 2.42. The molecule has 3 aromatic rings. The largest absolute Gasteiger partial charge is 0.328 e. The van der Waals surface area contributed by atoms with Crippen LogP contribution in [0.3, 0.4) is 0 Å². The van der Waals surface area contributed by atoms with Crippen molar-refractivity contribution >= 4 is 34.0 Å². The number of benzene rings is 1. The number of amides is 2. The third-order valence-corrected chi connectivity index (χ3v) is 6.15. The number of carbonyl (C=O) groups is 2. The van der Waals surface area contributed by atoms with E-state index in [2.05, 4.69) is 15.3 Å². The van der Waals surface area contributed by atoms with Gasteiger partial charge in [-0.15, -0.1) is 11.3 Å². The molecule has 31 heavy (non-hydrogen) atoms. The number of likely N-dealkylation sites (N-methyl/N-ethyl adjacent to an activating group) is 1. The molecule has 2 aromatic heterocycles. The SMILES string of the molecule is CN1C(=O)C(C)(C)c2cc(-c3csc(NC(=O)CCn4ccc(=O)[nH]c4=O)n3)ccc21. The molecule has 1 aliphatic heterocycles. The van der Waals surface area contributed by atoms with E-state index in [1.54, 1.807) is 11.9 Å². The fourth-order valence-corrected chi connectivity index (χ4v) is 4.36. The number of carbonyl (C=O) groups excluding carboxylic acids is 2. The van der Waals surface area contributed by atoms with Crippen LogP contribution in [-0.4, -0.2) is 33.4 Å². The lowest BCUT2D eigenvalue weighted by molar-refractivity contribution is -0.121. The van der Waals surface area contributed by atoms with Crippen LogP contribution < -0.4 is 21.5 Å². The molecule has 4 rings (SSSR count). The third-order valence-electron chi connectivity index (χ3n) is 5.39. The molecule has 0 bridgehead atoms. The average molecular weight is 439 g/mol. The van der Waals surface area contributed by atoms with Crippen LogP contribution in [-0.2, 0) is 21.5 Å². The van der Waals surface area contributed by atoms with Gasteiger partial charge in [-0.25, -0.2) is 9.78 Å². The lowest BCUT2D eigenvalue weighted by Gasteiger charge is -2.16. The van der Waals surface area contributed by atoms with E-state index in [4.69, 9.17) is 0 Å². The number of rotatable bonds is 5. The maximum Gasteiger partial charge on any atom is 0.328 e. The molecule has 0 atom stereocenters. The Bertz CT molecular complexity index is 1300. The number of hydrogen-bond acceptors (Lipinski definition) is 6. The molecule has 0 saturated heterocycles. The minimum atomic E-state index is -0.604. The topological polar surface area (TPSA) is 117 Å². The minimum Gasteiger partial charge on any atom is -0.314 e. The van der Waals surface area contributed by atoms with Crippen LogP contribution in [0.4, 0.5) is 10.8 Å². The van der Waals surface area contributed by atoms with E-state index in [0.717, 1.165) is 16.8 Å². The van der Waals surface area contributed by atoms with Crippen molar-refractivity contribution in [1.29, 1.82) is 0 Å². The maximum absolute atomic E-state index is 12.5. The second kappa shape index (κ2) is 7.62. The predicted molar refractivity (Wildman–Crippen MR) is 119 cm³/mol. The third kappa shape index (κ3) is 3.81. The Kier molecular flexibility index (Phi) is 5.10. The van der Waals surface area contributed by atoms with Gasteiger partial charge in [0.2, 0.25) is 11.8 Å². The van der Waals surface area contributed by atoms with Crippen LogP contribution in [0.2, 0.25) is 0 Å². The summed E-state index contributed by atoms with van der Waals surface area (Å²) in [6, 6.07) is 7.03. The zero-order valence-corrected chi connectivity index (χ0v) is 18.1. The first-order chi connectivity index (χ1) is 14.7. The summed E-state index contributed by atoms with van der Waals surface area (Å²) in [7, 11) is 1.77. The number of fused-ring (bicyclic) bond motifs is 1. The van der Waals surface area contributed by atoms with Crippen LogP contribution in [0.5, 0.6) is 0 Å². The molecule has 0 spiro atoms. The molecule has 0 unspecified atom stereocenters. The van der Waals surface area contributed by atoms with Crippen molar-refractivity contribution in [3.63, 3.8) is 0 Å². The highest BCUT2D eigenvalue weighted by Gasteiger charge is 2.42. The van der Waals surface area contributed by atoms with E-state index in [9.17, 15) is 19.2 Å². The molecule has 0 saturated carbocycles. The maximum atomic E-state index is 12.5. The Morgan fingerprint density at radius 3 is 2.74 bits per heavy atom. The number of H-pyrrole nitrogens is 1. The van der Waals surface area contributed by atoms with E-state index in [0.29, 0.717) is 10.8 Å². The zero-order valence-electron chi connectivity index (χ0n) is 17.3. The van der Waals surface area contributed by atoms with Gasteiger partial charge >= 0.3 is 5.69 Å². The smallest absolute Gasteiger partial charge is 0.314 e. The first-order valence-corrected chi connectivity index (χ1v) is 10.5. The van der Waals surface area contributed by atoms with Crippen molar-refractivity contribution in [3.05, 3.63) is 62.2 Å². The van der Waals surface area contributed by atoms with Gasteiger partial charge in [-0.05, 0) is 31.5 Å². The summed E-state index contributed by atoms with van der Waals surface area (Å²) in [4.78, 5) is 55.8. The van der Waals surface area contributed by atoms with Gasteiger partial charge in [0.05, 0.1) is 11.1 Å². The number of nitrogens with zero attached hydrogens (tertiary/aromatic N) is 3. The van der Waals surface area contributed by atoms with Gasteiger partial charge < -0.3 is 14.8 Å². The number of aryl methyl sites for hydroxylation is 1. The van der Waals surface area contributed by atoms with Gasteiger partial charge in [0.25, 0.3) is 5.56 Å². The molecule has 3 heterocycles. The molecule has 2 N–H and O–H groups in total. The monoisotopic (exact) mass is 439 g/mol. The van der Waals surface area contributed by atoms with Crippen LogP contribution in [0.15, 0.2) is 45.4 Å². The lowest BCUT2D eigenvalue weighted by Crippen LogP contribution is -2.33. The van der Waals surface area contributed by atoms with Crippen LogP contribution in [0.1, 0.15) is 25.8 Å². The van der Waals surface area contributed by atoms with Crippen molar-refractivity contribution in [2.24, 2.45) is 0 Å². The van der Waals surface area contributed by atoms with Crippen molar-refractivity contribution in [2.75, 3.05) is 17.3 Å². The predicted octanol–water partition coefficient (Wildman–Crippen LogP) is 1.94. The number of nitrogens with one attached hydrogen (secondary N) is 2. The summed E-state index contributed by atoms with van der Waals surface area (Å²) in [5.74, 6) is -0.242. The highest BCUT2D eigenvalue weighted by molar-refractivity contribution is 7.14. The Morgan fingerprint density at radius 2 is 2.00 bits per heavy atom. The number of thiazole rings is 1. The van der Waals surface area contributed by atoms with Gasteiger partial charge in [-0.1, -0.05) is 6.07 Å². The van der Waals surface area contributed by atoms with Crippen LogP contribution >= 0.6 is 11.3 Å². The molecule has 0 aliphatic carbocycles. The first-order valence-electron chi connectivity index (χ1n) is 9.65. The molecular formula is C21H21N5O4S. The normalized spacial score (nSPS) is 14.5. The van der Waals surface area contributed by atoms with E-state index >= 15 is 0 Å². The van der Waals surface area contributed by atoms with E-state index in [1.165, 1.54) is 28.2 Å². The molecule has 9 nitrogen and oxygen atoms in total. The van der Waals surface area contributed by atoms with Crippen LogP contribution in [0.25, 0.3) is 11.3 Å². The summed E-state index contributed by atoms with van der Waals surface area (Å²) in [5, 5.41) is 5.03. The molecular weight excluding hydrogens is 418 g/mol. The van der Waals surface area contributed by atoms with Crippen molar-refractivity contribution in [2.45, 2.75) is 32.2 Å². The van der Waals surface area contributed by atoms with Crippen LogP contribution in [0, 0.1) is 0 Å². The van der Waals surface area contributed by atoms with E-state index < -0.39 is 16.7 Å². The average Bonchev–Trinajstić information content (AvgIpc) is 3.25. The number of aromatic nitrogens is 3. The van der Waals surface area contributed by atoms with Crippen molar-refractivity contribution in [3.8, 4) is 11.3 Å². The fraction of sp³-hybridized carbons (Fsp3) is 0.286. The molecule has 0 fully saturated rings. The first kappa shape index (κ1) is 20.7. The number of aromatic amines is 1. The molecule has 10 heteroatoms. The molecule has 160 valence electrons. The van der Waals surface area contributed by atoms with Gasteiger partial charge in [-0.2, -0.15) is 0 Å². The zero-order chi connectivity index (χ0) is 22.3. The summed E-state index contributed by atoms with van der Waals surface area (Å²) in [6.45, 7) is 3.95. The Hall–Kier alpha value is -3.53. The van der Waals surface area contributed by atoms with Gasteiger partial charge in [0, 0.05) is 48.9 Å². The summed E-state index contributed by atoms with van der Waals surface area (Å²) < 4.78 is 1.26. The number of anilines is 2.